The highest BCUT2D eigenvalue weighted by atomic mass is 35.5. The summed E-state index contributed by atoms with van der Waals surface area (Å²) in [6.45, 7) is 0. The molecule has 1 aromatic carbocycles. The molecule has 144 valence electrons. The first-order valence-electron chi connectivity index (χ1n) is 8.12. The summed E-state index contributed by atoms with van der Waals surface area (Å²) < 4.78 is 51.0. The largest absolute Gasteiger partial charge is 0.492 e. The Kier molecular flexibility index (Phi) is 5.09. The molecule has 1 aliphatic heterocycles. The Labute approximate surface area is 158 Å². The van der Waals surface area contributed by atoms with Crippen LogP contribution in [0.3, 0.4) is 0 Å². The molecular weight excluding hydrogens is 396 g/mol. The molecule has 0 aromatic heterocycles. The van der Waals surface area contributed by atoms with Crippen LogP contribution in [-0.4, -0.2) is 36.1 Å². The average molecular weight is 413 g/mol. The van der Waals surface area contributed by atoms with E-state index >= 15 is 0 Å². The van der Waals surface area contributed by atoms with Crippen LogP contribution in [0.15, 0.2) is 12.1 Å². The van der Waals surface area contributed by atoms with Gasteiger partial charge in [-0.2, -0.15) is 13.2 Å². The number of alkyl halides is 3. The van der Waals surface area contributed by atoms with E-state index < -0.39 is 18.1 Å². The molecular formula is C16H17Cl2F3N2O3. The maximum absolute atomic E-state index is 13.7. The number of halogens is 5. The van der Waals surface area contributed by atoms with Crippen LogP contribution in [0.2, 0.25) is 10.0 Å². The second-order valence-corrected chi connectivity index (χ2v) is 7.18. The number of carbonyl (C=O) groups is 1. The zero-order valence-corrected chi connectivity index (χ0v) is 15.3. The van der Waals surface area contributed by atoms with Gasteiger partial charge in [0.25, 0.3) is 0 Å². The summed E-state index contributed by atoms with van der Waals surface area (Å²) in [4.78, 5) is 13.7. The van der Waals surface area contributed by atoms with Crippen LogP contribution in [-0.2, 0) is 0 Å². The van der Waals surface area contributed by atoms with Gasteiger partial charge < -0.3 is 14.4 Å². The predicted molar refractivity (Wildman–Crippen MR) is 89.7 cm³/mol. The number of rotatable bonds is 2. The summed E-state index contributed by atoms with van der Waals surface area (Å²) in [6.07, 6.45) is -0.619. The summed E-state index contributed by atoms with van der Waals surface area (Å²) in [5.74, 6) is -3.83. The highest BCUT2D eigenvalue weighted by Gasteiger charge is 2.66. The zero-order chi connectivity index (χ0) is 19.1. The molecule has 26 heavy (non-hydrogen) atoms. The Morgan fingerprint density at radius 2 is 1.65 bits per heavy atom. The average Bonchev–Trinajstić information content (AvgIpc) is 2.93. The number of benzene rings is 1. The molecule has 10 heteroatoms. The minimum absolute atomic E-state index is 0.0117. The third-order valence-electron chi connectivity index (χ3n) is 4.58. The smallest absolute Gasteiger partial charge is 0.424 e. The molecule has 1 aromatic rings. The van der Waals surface area contributed by atoms with Crippen LogP contribution in [0.1, 0.15) is 32.1 Å². The van der Waals surface area contributed by atoms with Gasteiger partial charge in [-0.05, 0) is 12.8 Å². The van der Waals surface area contributed by atoms with Crippen LogP contribution >= 0.6 is 23.2 Å². The number of hydrogen-bond donors (Lipinski definition) is 1. The highest BCUT2D eigenvalue weighted by Crippen LogP contribution is 2.48. The van der Waals surface area contributed by atoms with Gasteiger partial charge in [0.1, 0.15) is 0 Å². The van der Waals surface area contributed by atoms with Crippen molar-refractivity contribution in [2.75, 3.05) is 7.05 Å². The Bertz CT molecular complexity index is 678. The number of amides is 2. The quantitative estimate of drug-likeness (QED) is 0.746. The van der Waals surface area contributed by atoms with Crippen LogP contribution < -0.4 is 14.8 Å². The summed E-state index contributed by atoms with van der Waals surface area (Å²) in [6, 6.07) is 1.17. The fourth-order valence-electron chi connectivity index (χ4n) is 3.10. The lowest BCUT2D eigenvalue weighted by molar-refractivity contribution is -0.318. The number of nitrogens with zero attached hydrogens (tertiary/aromatic N) is 1. The molecule has 0 spiro atoms. The van der Waals surface area contributed by atoms with Gasteiger partial charge in [-0.3, -0.25) is 5.32 Å². The Balaban J connectivity index is 1.82. The Hall–Kier alpha value is -1.54. The Morgan fingerprint density at radius 1 is 1.15 bits per heavy atom. The van der Waals surface area contributed by atoms with E-state index in [-0.39, 0.29) is 27.6 Å². The van der Waals surface area contributed by atoms with Gasteiger partial charge in [-0.25, -0.2) is 4.79 Å². The maximum Gasteiger partial charge on any atom is 0.492 e. The van der Waals surface area contributed by atoms with Crippen molar-refractivity contribution in [3.05, 3.63) is 22.2 Å². The van der Waals surface area contributed by atoms with Gasteiger partial charge in [0.15, 0.2) is 11.5 Å². The zero-order valence-electron chi connectivity index (χ0n) is 13.8. The van der Waals surface area contributed by atoms with E-state index in [4.69, 9.17) is 32.7 Å². The number of carbonyl (C=O) groups excluding carboxylic acids is 1. The van der Waals surface area contributed by atoms with Gasteiger partial charge in [-0.15, -0.1) is 0 Å². The number of fused-ring (bicyclic) bond motifs is 1. The van der Waals surface area contributed by atoms with Crippen molar-refractivity contribution in [1.29, 1.82) is 0 Å². The van der Waals surface area contributed by atoms with Crippen molar-refractivity contribution < 1.29 is 27.4 Å². The van der Waals surface area contributed by atoms with E-state index in [1.54, 1.807) is 0 Å². The molecule has 2 aliphatic rings. The lowest BCUT2D eigenvalue weighted by atomic mass is 9.95. The first-order chi connectivity index (χ1) is 12.1. The monoisotopic (exact) mass is 412 g/mol. The van der Waals surface area contributed by atoms with E-state index in [1.807, 2.05) is 5.32 Å². The van der Waals surface area contributed by atoms with Gasteiger partial charge in [0.05, 0.1) is 10.0 Å². The van der Waals surface area contributed by atoms with Crippen molar-refractivity contribution in [3.8, 4) is 11.5 Å². The van der Waals surface area contributed by atoms with E-state index in [0.29, 0.717) is 0 Å². The standard InChI is InChI=1S/C16H17Cl2F3N2O3/c1-23(9-5-3-2-4-6-9)14(24)22-16(15(19,20)21)25-12-7-10(17)11(18)8-13(12)26-16/h7-9H,2-6H2,1H3,(H,22,24). The number of hydrogen-bond acceptors (Lipinski definition) is 3. The number of ether oxygens (including phenoxy) is 2. The lowest BCUT2D eigenvalue weighted by Gasteiger charge is -2.35. The number of nitrogens with one attached hydrogen (secondary N) is 1. The molecule has 0 saturated heterocycles. The van der Waals surface area contributed by atoms with Gasteiger partial charge >= 0.3 is 18.1 Å². The SMILES string of the molecule is CN(C(=O)NC1(C(F)(F)F)Oc2cc(Cl)c(Cl)cc2O1)C1CCCCC1. The lowest BCUT2D eigenvalue weighted by Crippen LogP contribution is -2.67. The third kappa shape index (κ3) is 3.49. The topological polar surface area (TPSA) is 50.8 Å². The number of urea groups is 1. The highest BCUT2D eigenvalue weighted by molar-refractivity contribution is 6.42. The van der Waals surface area contributed by atoms with Gasteiger partial charge in [0, 0.05) is 25.2 Å². The fourth-order valence-corrected chi connectivity index (χ4v) is 3.41. The molecule has 3 rings (SSSR count). The summed E-state index contributed by atoms with van der Waals surface area (Å²) in [7, 11) is 1.46. The molecule has 1 heterocycles. The first kappa shape index (κ1) is 19.2. The van der Waals surface area contributed by atoms with Crippen LogP contribution in [0.25, 0.3) is 0 Å². The predicted octanol–water partition coefficient (Wildman–Crippen LogP) is 4.95. The molecule has 2 amide bonds. The minimum Gasteiger partial charge on any atom is -0.424 e. The van der Waals surface area contributed by atoms with E-state index in [9.17, 15) is 18.0 Å². The first-order valence-corrected chi connectivity index (χ1v) is 8.87. The molecule has 0 unspecified atom stereocenters. The van der Waals surface area contributed by atoms with E-state index in [2.05, 4.69) is 0 Å². The minimum atomic E-state index is -5.03. The maximum atomic E-state index is 13.7. The summed E-state index contributed by atoms with van der Waals surface area (Å²) >= 11 is 11.6. The van der Waals surface area contributed by atoms with Crippen LogP contribution in [0.4, 0.5) is 18.0 Å². The molecule has 0 bridgehead atoms. The van der Waals surface area contributed by atoms with Crippen molar-refractivity contribution in [2.45, 2.75) is 50.2 Å². The van der Waals surface area contributed by atoms with Gasteiger partial charge in [-0.1, -0.05) is 42.5 Å². The Morgan fingerprint density at radius 3 is 2.12 bits per heavy atom. The van der Waals surface area contributed by atoms with Crippen molar-refractivity contribution in [2.24, 2.45) is 0 Å². The second kappa shape index (κ2) is 6.88. The molecule has 1 saturated carbocycles. The van der Waals surface area contributed by atoms with E-state index in [0.717, 1.165) is 44.2 Å². The molecule has 5 nitrogen and oxygen atoms in total. The summed E-state index contributed by atoms with van der Waals surface area (Å²) in [5, 5.41) is 1.87. The van der Waals surface area contributed by atoms with Crippen LogP contribution in [0, 0.1) is 0 Å². The van der Waals surface area contributed by atoms with Crippen molar-refractivity contribution in [1.82, 2.24) is 10.2 Å². The molecule has 1 aliphatic carbocycles. The van der Waals surface area contributed by atoms with Crippen LogP contribution in [0.5, 0.6) is 11.5 Å². The van der Waals surface area contributed by atoms with E-state index in [1.165, 1.54) is 11.9 Å². The molecule has 0 atom stereocenters. The normalized spacial score (nSPS) is 19.3. The van der Waals surface area contributed by atoms with Crippen molar-refractivity contribution in [3.63, 3.8) is 0 Å². The fraction of sp³-hybridized carbons (Fsp3) is 0.562. The van der Waals surface area contributed by atoms with Gasteiger partial charge in [0.2, 0.25) is 0 Å². The van der Waals surface area contributed by atoms with Crippen molar-refractivity contribution >= 4 is 29.2 Å². The second-order valence-electron chi connectivity index (χ2n) is 6.36. The summed E-state index contributed by atoms with van der Waals surface area (Å²) in [5.41, 5.74) is 0. The molecule has 0 radical (unpaired) electrons. The third-order valence-corrected chi connectivity index (χ3v) is 5.30. The molecule has 1 N–H and O–H groups in total. The molecule has 1 fully saturated rings.